The highest BCUT2D eigenvalue weighted by Crippen LogP contribution is 2.43. The number of aromatic nitrogens is 1. The molecule has 0 N–H and O–H groups in total. The number of pyridine rings is 1. The maximum atomic E-state index is 13.2. The molecule has 1 unspecified atom stereocenters. The van der Waals surface area contributed by atoms with Gasteiger partial charge in [0.1, 0.15) is 5.75 Å². The maximum Gasteiger partial charge on any atom is 0.259 e. The summed E-state index contributed by atoms with van der Waals surface area (Å²) in [6.07, 6.45) is 5.56. The Labute approximate surface area is 180 Å². The number of fused-ring (bicyclic) bond motifs is 1. The van der Waals surface area contributed by atoms with Crippen LogP contribution in [-0.4, -0.2) is 38.6 Å². The molecule has 3 heterocycles. The van der Waals surface area contributed by atoms with E-state index in [9.17, 15) is 9.35 Å². The van der Waals surface area contributed by atoms with E-state index < -0.39 is 16.9 Å². The predicted octanol–water partition coefficient (Wildman–Crippen LogP) is 4.49. The summed E-state index contributed by atoms with van der Waals surface area (Å²) in [4.78, 5) is 19.5. The molecule has 1 atom stereocenters. The number of nitrogens with zero attached hydrogens (tertiary/aromatic N) is 3. The van der Waals surface area contributed by atoms with Gasteiger partial charge in [-0.3, -0.25) is 14.7 Å². The molecule has 7 heteroatoms. The minimum absolute atomic E-state index is 0.0196. The van der Waals surface area contributed by atoms with Gasteiger partial charge in [-0.25, -0.2) is 0 Å². The molecule has 1 aromatic heterocycles. The van der Waals surface area contributed by atoms with Crippen LogP contribution in [0, 0.1) is 0 Å². The SMILES string of the molecule is CC[S+]([O-])N1CCC(c2cncc(N3C(=O)c4ccc(Cl)cc4C3(C)C)c2)CC1. The molecule has 2 aromatic rings. The lowest BCUT2D eigenvalue weighted by Crippen LogP contribution is -2.40. The average molecular weight is 432 g/mol. The molecular formula is C22H26ClN3O2S. The van der Waals surface area contributed by atoms with E-state index in [0.717, 1.165) is 42.7 Å². The molecule has 2 aliphatic heterocycles. The van der Waals surface area contributed by atoms with Gasteiger partial charge in [0.05, 0.1) is 17.4 Å². The van der Waals surface area contributed by atoms with Crippen molar-refractivity contribution in [2.45, 2.75) is 45.1 Å². The number of anilines is 1. The number of halogens is 1. The molecule has 154 valence electrons. The first-order valence-electron chi connectivity index (χ1n) is 10.1. The van der Waals surface area contributed by atoms with Gasteiger partial charge >= 0.3 is 0 Å². The van der Waals surface area contributed by atoms with Crippen molar-refractivity contribution in [3.63, 3.8) is 0 Å². The molecule has 0 saturated carbocycles. The van der Waals surface area contributed by atoms with E-state index in [1.165, 1.54) is 0 Å². The lowest BCUT2D eigenvalue weighted by Gasteiger charge is -2.34. The van der Waals surface area contributed by atoms with Gasteiger partial charge in [0.25, 0.3) is 5.91 Å². The highest BCUT2D eigenvalue weighted by molar-refractivity contribution is 7.89. The van der Waals surface area contributed by atoms with E-state index in [2.05, 4.69) is 15.4 Å². The molecule has 0 spiro atoms. The summed E-state index contributed by atoms with van der Waals surface area (Å²) in [6.45, 7) is 7.69. The van der Waals surface area contributed by atoms with Crippen LogP contribution in [0.3, 0.4) is 0 Å². The molecule has 0 radical (unpaired) electrons. The van der Waals surface area contributed by atoms with Crippen LogP contribution in [0.15, 0.2) is 36.7 Å². The van der Waals surface area contributed by atoms with Crippen LogP contribution in [0.2, 0.25) is 5.02 Å². The number of hydrogen-bond donors (Lipinski definition) is 0. The monoisotopic (exact) mass is 431 g/mol. The van der Waals surface area contributed by atoms with Crippen LogP contribution < -0.4 is 4.90 Å². The Bertz CT molecular complexity index is 928. The van der Waals surface area contributed by atoms with Crippen LogP contribution in [0.5, 0.6) is 0 Å². The molecule has 0 aliphatic carbocycles. The summed E-state index contributed by atoms with van der Waals surface area (Å²) in [5, 5.41) is 0.634. The summed E-state index contributed by atoms with van der Waals surface area (Å²) in [7, 11) is 0. The Balaban J connectivity index is 1.59. The first-order valence-corrected chi connectivity index (χ1v) is 11.7. The van der Waals surface area contributed by atoms with Crippen LogP contribution in [0.4, 0.5) is 5.69 Å². The molecule has 29 heavy (non-hydrogen) atoms. The maximum absolute atomic E-state index is 13.2. The fourth-order valence-corrected chi connectivity index (χ4v) is 5.67. The topological polar surface area (TPSA) is 59.5 Å². The molecule has 5 nitrogen and oxygen atoms in total. The molecule has 0 bridgehead atoms. The highest BCUT2D eigenvalue weighted by atomic mass is 35.5. The third-order valence-corrected chi connectivity index (χ3v) is 7.77. The average Bonchev–Trinajstić information content (AvgIpc) is 2.92. The summed E-state index contributed by atoms with van der Waals surface area (Å²) < 4.78 is 14.1. The van der Waals surface area contributed by atoms with E-state index in [0.29, 0.717) is 22.3 Å². The molecule has 2 aliphatic rings. The zero-order valence-electron chi connectivity index (χ0n) is 17.0. The number of carbonyl (C=O) groups is 1. The Morgan fingerprint density at radius 1 is 1.24 bits per heavy atom. The fraction of sp³-hybridized carbons (Fsp3) is 0.455. The number of carbonyl (C=O) groups excluding carboxylic acids is 1. The van der Waals surface area contributed by atoms with Gasteiger partial charge in [-0.2, -0.15) is 0 Å². The normalized spacial score (nSPS) is 20.7. The number of hydrogen-bond acceptors (Lipinski definition) is 4. The highest BCUT2D eigenvalue weighted by Gasteiger charge is 2.44. The molecular weight excluding hydrogens is 406 g/mol. The van der Waals surface area contributed by atoms with Crippen molar-refractivity contribution in [2.24, 2.45) is 0 Å². The smallest absolute Gasteiger partial charge is 0.259 e. The summed E-state index contributed by atoms with van der Waals surface area (Å²) >= 11 is 5.32. The van der Waals surface area contributed by atoms with Crippen LogP contribution in [0.25, 0.3) is 0 Å². The molecule has 1 fully saturated rings. The van der Waals surface area contributed by atoms with E-state index in [1.807, 2.05) is 44.0 Å². The third kappa shape index (κ3) is 3.67. The Morgan fingerprint density at radius 2 is 1.97 bits per heavy atom. The minimum atomic E-state index is -0.877. The number of amides is 1. The first kappa shape index (κ1) is 20.7. The zero-order chi connectivity index (χ0) is 20.8. The lowest BCUT2D eigenvalue weighted by molar-refractivity contribution is 0.0982. The second-order valence-electron chi connectivity index (χ2n) is 8.18. The Hall–Kier alpha value is -1.60. The second kappa shape index (κ2) is 7.91. The standard InChI is InChI=1S/C22H26ClN3O2S/c1-4-29(28)25-9-7-15(8-10-25)16-11-18(14-24-13-16)26-21(27)19-6-5-17(23)12-20(19)22(26,2)3/h5-6,11-15H,4,7-10H2,1-3H3. The molecule has 1 amide bonds. The second-order valence-corrected chi connectivity index (χ2v) is 10.4. The third-order valence-electron chi connectivity index (χ3n) is 6.10. The molecule has 1 saturated heterocycles. The van der Waals surface area contributed by atoms with Crippen molar-refractivity contribution in [1.82, 2.24) is 9.29 Å². The van der Waals surface area contributed by atoms with Crippen molar-refractivity contribution >= 4 is 34.6 Å². The predicted molar refractivity (Wildman–Crippen MR) is 118 cm³/mol. The van der Waals surface area contributed by atoms with Crippen molar-refractivity contribution in [3.05, 3.63) is 58.4 Å². The quantitative estimate of drug-likeness (QED) is 0.669. The summed E-state index contributed by atoms with van der Waals surface area (Å²) in [5.41, 5.74) is 3.08. The van der Waals surface area contributed by atoms with Crippen LogP contribution in [0.1, 0.15) is 61.0 Å². The number of piperidine rings is 1. The fourth-order valence-electron chi connectivity index (χ4n) is 4.51. The van der Waals surface area contributed by atoms with Gasteiger partial charge in [-0.05, 0) is 74.9 Å². The van der Waals surface area contributed by atoms with E-state index in [1.54, 1.807) is 12.3 Å². The van der Waals surface area contributed by atoms with E-state index in [-0.39, 0.29) is 5.91 Å². The van der Waals surface area contributed by atoms with E-state index >= 15 is 0 Å². The Morgan fingerprint density at radius 3 is 2.66 bits per heavy atom. The summed E-state index contributed by atoms with van der Waals surface area (Å²) in [6, 6.07) is 7.55. The number of rotatable bonds is 4. The van der Waals surface area contributed by atoms with Crippen molar-refractivity contribution in [3.8, 4) is 0 Å². The van der Waals surface area contributed by atoms with Crippen LogP contribution in [-0.2, 0) is 16.9 Å². The minimum Gasteiger partial charge on any atom is -0.598 e. The molecule has 1 aromatic carbocycles. The van der Waals surface area contributed by atoms with Gasteiger partial charge in [-0.15, -0.1) is 4.31 Å². The van der Waals surface area contributed by atoms with Crippen LogP contribution >= 0.6 is 11.6 Å². The Kier molecular flexibility index (Phi) is 5.64. The van der Waals surface area contributed by atoms with Gasteiger partial charge in [0.2, 0.25) is 0 Å². The zero-order valence-corrected chi connectivity index (χ0v) is 18.6. The van der Waals surface area contributed by atoms with Crippen molar-refractivity contribution in [1.29, 1.82) is 0 Å². The van der Waals surface area contributed by atoms with Gasteiger partial charge in [0, 0.05) is 41.2 Å². The van der Waals surface area contributed by atoms with Crippen molar-refractivity contribution < 1.29 is 9.35 Å². The van der Waals surface area contributed by atoms with Gasteiger partial charge < -0.3 is 4.55 Å². The molecule has 4 rings (SSSR count). The van der Waals surface area contributed by atoms with Gasteiger partial charge in [0.15, 0.2) is 0 Å². The largest absolute Gasteiger partial charge is 0.598 e. The first-order chi connectivity index (χ1) is 13.8. The summed E-state index contributed by atoms with van der Waals surface area (Å²) in [5.74, 6) is 1.01. The number of benzene rings is 1. The van der Waals surface area contributed by atoms with E-state index in [4.69, 9.17) is 11.6 Å². The van der Waals surface area contributed by atoms with Gasteiger partial charge in [-0.1, -0.05) is 11.6 Å². The van der Waals surface area contributed by atoms with Crippen molar-refractivity contribution in [2.75, 3.05) is 23.7 Å². The lowest BCUT2D eigenvalue weighted by atomic mass is 9.90.